The number of carbonyl (C=O) groups excluding carboxylic acids is 1. The van der Waals surface area contributed by atoms with Gasteiger partial charge in [0.2, 0.25) is 5.91 Å². The van der Waals surface area contributed by atoms with Gasteiger partial charge in [0.15, 0.2) is 0 Å². The zero-order valence-electron chi connectivity index (χ0n) is 14.1. The number of rotatable bonds is 2. The second kappa shape index (κ2) is 6.40. The summed E-state index contributed by atoms with van der Waals surface area (Å²) in [4.78, 5) is 14.7. The van der Waals surface area contributed by atoms with E-state index in [1.165, 1.54) is 0 Å². The molecule has 124 valence electrons. The lowest BCUT2D eigenvalue weighted by Crippen LogP contribution is -2.33. The van der Waals surface area contributed by atoms with Gasteiger partial charge < -0.3 is 16.4 Å². The molecule has 0 bridgehead atoms. The molecule has 0 unspecified atom stereocenters. The first-order valence-corrected chi connectivity index (χ1v) is 8.22. The van der Waals surface area contributed by atoms with Gasteiger partial charge in [-0.2, -0.15) is 0 Å². The Morgan fingerprint density at radius 2 is 1.58 bits per heavy atom. The first-order chi connectivity index (χ1) is 11.5. The van der Waals surface area contributed by atoms with Crippen LogP contribution in [0.25, 0.3) is 11.4 Å². The van der Waals surface area contributed by atoms with Crippen LogP contribution in [0.2, 0.25) is 0 Å². The third-order valence-electron chi connectivity index (χ3n) is 4.30. The topological polar surface area (TPSA) is 72.3 Å². The van der Waals surface area contributed by atoms with Crippen LogP contribution in [0, 0.1) is 5.92 Å². The van der Waals surface area contributed by atoms with Crippen molar-refractivity contribution >= 4 is 23.0 Å². The third kappa shape index (κ3) is 2.87. The van der Waals surface area contributed by atoms with Crippen molar-refractivity contribution in [3.63, 3.8) is 0 Å². The maximum absolute atomic E-state index is 12.9. The normalized spacial score (nSPS) is 17.0. The van der Waals surface area contributed by atoms with E-state index in [2.05, 4.69) is 0 Å². The molecule has 1 aliphatic rings. The number of para-hydroxylation sites is 1. The summed E-state index contributed by atoms with van der Waals surface area (Å²) < 4.78 is 0. The fourth-order valence-corrected chi connectivity index (χ4v) is 3.09. The van der Waals surface area contributed by atoms with Crippen molar-refractivity contribution in [2.75, 3.05) is 4.90 Å². The van der Waals surface area contributed by atoms with Gasteiger partial charge in [-0.25, -0.2) is 0 Å². The number of fused-ring (bicyclic) bond motifs is 2. The molecule has 0 spiro atoms. The van der Waals surface area contributed by atoms with E-state index in [0.717, 1.165) is 22.4 Å². The predicted octanol–water partition coefficient (Wildman–Crippen LogP) is 3.32. The molecule has 0 atom stereocenters. The van der Waals surface area contributed by atoms with Crippen LogP contribution >= 0.6 is 0 Å². The summed E-state index contributed by atoms with van der Waals surface area (Å²) in [6.07, 6.45) is 0.496. The van der Waals surface area contributed by atoms with E-state index in [1.807, 2.05) is 67.3 Å². The van der Waals surface area contributed by atoms with E-state index in [9.17, 15) is 4.79 Å². The second-order valence-corrected chi connectivity index (χ2v) is 6.58. The van der Waals surface area contributed by atoms with E-state index in [1.54, 1.807) is 0 Å². The largest absolute Gasteiger partial charge is 0.397 e. The Morgan fingerprint density at radius 3 is 2.29 bits per heavy atom. The number of anilines is 1. The fraction of sp³-hybridized carbons (Fsp3) is 0.250. The van der Waals surface area contributed by atoms with Crippen LogP contribution in [0.4, 0.5) is 5.69 Å². The molecule has 2 aromatic rings. The van der Waals surface area contributed by atoms with Crippen LogP contribution < -0.4 is 16.4 Å². The number of carbonyl (C=O) groups is 1. The zero-order valence-corrected chi connectivity index (χ0v) is 14.1. The zero-order chi connectivity index (χ0) is 17.3. The van der Waals surface area contributed by atoms with Gasteiger partial charge in [0, 0.05) is 17.5 Å². The number of nitrogens with zero attached hydrogens (tertiary/aromatic N) is 1. The van der Waals surface area contributed by atoms with Crippen LogP contribution in [-0.2, 0) is 11.3 Å². The molecule has 0 saturated heterocycles. The second-order valence-electron chi connectivity index (χ2n) is 6.58. The Balaban J connectivity index is 2.21. The van der Waals surface area contributed by atoms with Gasteiger partial charge >= 0.3 is 0 Å². The standard InChI is InChI=1S/C20H23N3O/c1-13(2)11-18(24)23-12-14-7-3-4-8-15(14)19(21)20(22)16-9-5-6-10-17(16)23/h3-10,13H,11-12,21-22H2,1-2H3/b20-19-. The molecule has 2 aromatic carbocycles. The van der Waals surface area contributed by atoms with E-state index in [0.29, 0.717) is 30.3 Å². The van der Waals surface area contributed by atoms with Crippen molar-refractivity contribution in [3.05, 3.63) is 65.2 Å². The molecule has 1 aliphatic heterocycles. The van der Waals surface area contributed by atoms with E-state index in [4.69, 9.17) is 11.5 Å². The van der Waals surface area contributed by atoms with Gasteiger partial charge in [0.1, 0.15) is 0 Å². The average Bonchev–Trinajstić information content (AvgIpc) is 2.57. The summed E-state index contributed by atoms with van der Waals surface area (Å²) in [5.74, 6) is 0.392. The summed E-state index contributed by atoms with van der Waals surface area (Å²) in [5, 5.41) is 0. The molecule has 1 amide bonds. The van der Waals surface area contributed by atoms with Crippen LogP contribution in [0.5, 0.6) is 0 Å². The molecule has 0 fully saturated rings. The Morgan fingerprint density at radius 1 is 1.00 bits per heavy atom. The fourth-order valence-electron chi connectivity index (χ4n) is 3.09. The molecule has 4 heteroatoms. The minimum Gasteiger partial charge on any atom is -0.397 e. The van der Waals surface area contributed by atoms with Gasteiger partial charge in [-0.05, 0) is 17.5 Å². The predicted molar refractivity (Wildman–Crippen MR) is 98.7 cm³/mol. The third-order valence-corrected chi connectivity index (χ3v) is 4.30. The van der Waals surface area contributed by atoms with Crippen LogP contribution in [0.1, 0.15) is 37.0 Å². The first kappa shape index (κ1) is 16.1. The molecular formula is C20H23N3O. The van der Waals surface area contributed by atoms with E-state index < -0.39 is 0 Å². The molecule has 0 radical (unpaired) electrons. The molecule has 24 heavy (non-hydrogen) atoms. The monoisotopic (exact) mass is 321 g/mol. The number of hydrogen-bond donors (Lipinski definition) is 2. The molecule has 4 N–H and O–H groups in total. The van der Waals surface area contributed by atoms with Crippen molar-refractivity contribution in [1.29, 1.82) is 0 Å². The van der Waals surface area contributed by atoms with Crippen molar-refractivity contribution < 1.29 is 4.79 Å². The molecule has 0 saturated carbocycles. The lowest BCUT2D eigenvalue weighted by Gasteiger charge is -2.29. The minimum absolute atomic E-state index is 0.0977. The number of benzene rings is 2. The highest BCUT2D eigenvalue weighted by atomic mass is 16.2. The number of nitrogens with two attached hydrogens (primary N) is 2. The number of hydrogen-bond acceptors (Lipinski definition) is 3. The Bertz CT molecular complexity index is 808. The summed E-state index contributed by atoms with van der Waals surface area (Å²) >= 11 is 0. The lowest BCUT2D eigenvalue weighted by atomic mass is 9.96. The summed E-state index contributed by atoms with van der Waals surface area (Å²) in [6.45, 7) is 4.59. The van der Waals surface area contributed by atoms with E-state index in [-0.39, 0.29) is 5.91 Å². The van der Waals surface area contributed by atoms with Crippen molar-refractivity contribution in [1.82, 2.24) is 0 Å². The maximum Gasteiger partial charge on any atom is 0.227 e. The lowest BCUT2D eigenvalue weighted by molar-refractivity contribution is -0.119. The number of amides is 1. The molecule has 1 heterocycles. The van der Waals surface area contributed by atoms with Gasteiger partial charge in [0.25, 0.3) is 0 Å². The highest BCUT2D eigenvalue weighted by molar-refractivity contribution is 6.00. The highest BCUT2D eigenvalue weighted by Gasteiger charge is 2.25. The molecule has 4 nitrogen and oxygen atoms in total. The van der Waals surface area contributed by atoms with Crippen LogP contribution in [0.3, 0.4) is 0 Å². The maximum atomic E-state index is 12.9. The average molecular weight is 321 g/mol. The van der Waals surface area contributed by atoms with Crippen molar-refractivity contribution in [3.8, 4) is 0 Å². The summed E-state index contributed by atoms with van der Waals surface area (Å²) in [5.41, 5.74) is 17.3. The van der Waals surface area contributed by atoms with Crippen LogP contribution in [-0.4, -0.2) is 5.91 Å². The molecule has 0 aliphatic carbocycles. The van der Waals surface area contributed by atoms with Gasteiger partial charge in [0.05, 0.1) is 23.6 Å². The minimum atomic E-state index is 0.0977. The molecule has 0 aromatic heterocycles. The van der Waals surface area contributed by atoms with E-state index >= 15 is 0 Å². The Kier molecular flexibility index (Phi) is 4.30. The van der Waals surface area contributed by atoms with Gasteiger partial charge in [-0.3, -0.25) is 4.79 Å². The summed E-state index contributed by atoms with van der Waals surface area (Å²) in [6, 6.07) is 15.5. The first-order valence-electron chi connectivity index (χ1n) is 8.22. The summed E-state index contributed by atoms with van der Waals surface area (Å²) in [7, 11) is 0. The molecule has 3 rings (SSSR count). The Hall–Kier alpha value is -2.75. The van der Waals surface area contributed by atoms with Gasteiger partial charge in [-0.15, -0.1) is 0 Å². The smallest absolute Gasteiger partial charge is 0.227 e. The van der Waals surface area contributed by atoms with Crippen molar-refractivity contribution in [2.24, 2.45) is 17.4 Å². The highest BCUT2D eigenvalue weighted by Crippen LogP contribution is 2.34. The van der Waals surface area contributed by atoms with Crippen LogP contribution in [0.15, 0.2) is 48.5 Å². The quantitative estimate of drug-likeness (QED) is 0.891. The SMILES string of the molecule is CC(C)CC(=O)N1Cc2ccccc2/C(N)=C(/N)c2ccccc21. The van der Waals surface area contributed by atoms with Gasteiger partial charge in [-0.1, -0.05) is 56.3 Å². The molecular weight excluding hydrogens is 298 g/mol. The van der Waals surface area contributed by atoms with Crippen molar-refractivity contribution in [2.45, 2.75) is 26.8 Å². The Labute approximate surface area is 142 Å².